The molecular weight excluding hydrogens is 280 g/mol. The predicted molar refractivity (Wildman–Crippen MR) is 90.9 cm³/mol. The fourth-order valence-electron chi connectivity index (χ4n) is 3.44. The van der Waals surface area contributed by atoms with E-state index in [0.29, 0.717) is 5.78 Å². The van der Waals surface area contributed by atoms with Crippen molar-refractivity contribution < 1.29 is 4.79 Å². The Morgan fingerprint density at radius 3 is 2.10 bits per heavy atom. The lowest BCUT2D eigenvalue weighted by Crippen LogP contribution is -2.37. The van der Waals surface area contributed by atoms with Crippen LogP contribution in [0.15, 0.2) is 24.3 Å². The number of thioether (sulfide) groups is 1. The first-order valence-corrected chi connectivity index (χ1v) is 12.2. The van der Waals surface area contributed by atoms with Gasteiger partial charge in [0.1, 0.15) is 0 Å². The molecule has 0 radical (unpaired) electrons. The highest BCUT2D eigenvalue weighted by molar-refractivity contribution is 8.00. The average Bonchev–Trinajstić information content (AvgIpc) is 2.76. The van der Waals surface area contributed by atoms with Gasteiger partial charge in [-0.1, -0.05) is 49.1 Å². The van der Waals surface area contributed by atoms with Crippen molar-refractivity contribution in [2.45, 2.75) is 55.8 Å². The topological polar surface area (TPSA) is 17.1 Å². The van der Waals surface area contributed by atoms with Gasteiger partial charge in [0, 0.05) is 22.0 Å². The van der Waals surface area contributed by atoms with Crippen LogP contribution in [-0.2, 0) is 0 Å². The van der Waals surface area contributed by atoms with E-state index < -0.39 is 8.07 Å². The van der Waals surface area contributed by atoms with E-state index in [1.54, 1.807) is 0 Å². The van der Waals surface area contributed by atoms with Crippen molar-refractivity contribution in [1.29, 1.82) is 0 Å². The zero-order valence-corrected chi connectivity index (χ0v) is 14.5. The highest BCUT2D eigenvalue weighted by Gasteiger charge is 2.37. The van der Waals surface area contributed by atoms with Crippen molar-refractivity contribution in [3.63, 3.8) is 0 Å². The Kier molecular flexibility index (Phi) is 3.84. The fraction of sp³-hybridized carbons (Fsp3) is 0.588. The molecule has 1 nitrogen and oxygen atoms in total. The van der Waals surface area contributed by atoms with E-state index in [0.717, 1.165) is 28.9 Å². The van der Waals surface area contributed by atoms with Crippen LogP contribution in [0.5, 0.6) is 0 Å². The van der Waals surface area contributed by atoms with Crippen molar-refractivity contribution in [3.05, 3.63) is 29.8 Å². The molecule has 2 aliphatic heterocycles. The summed E-state index contributed by atoms with van der Waals surface area (Å²) in [6.07, 6.45) is 4.87. The van der Waals surface area contributed by atoms with Crippen LogP contribution in [0, 0.1) is 5.92 Å². The monoisotopic (exact) mass is 304 g/mol. The lowest BCUT2D eigenvalue weighted by Gasteiger charge is -2.26. The Hall–Kier alpha value is -0.543. The SMILES string of the molecule is C[Si](C)(C)c1ccc(C(=O)C2CC3CCC(C2)S3)cc1. The maximum Gasteiger partial charge on any atom is 0.166 e. The molecule has 0 N–H and O–H groups in total. The Labute approximate surface area is 127 Å². The van der Waals surface area contributed by atoms with Gasteiger partial charge in [0.05, 0.1) is 8.07 Å². The fourth-order valence-corrected chi connectivity index (χ4v) is 6.38. The van der Waals surface area contributed by atoms with Crippen molar-refractivity contribution in [1.82, 2.24) is 0 Å². The largest absolute Gasteiger partial charge is 0.294 e. The van der Waals surface area contributed by atoms with Gasteiger partial charge in [-0.25, -0.2) is 0 Å². The molecule has 2 aliphatic rings. The number of benzene rings is 1. The van der Waals surface area contributed by atoms with Gasteiger partial charge in [-0.3, -0.25) is 4.79 Å². The van der Waals surface area contributed by atoms with Crippen LogP contribution in [0.25, 0.3) is 0 Å². The lowest BCUT2D eigenvalue weighted by atomic mass is 9.90. The molecular formula is C17H24OSSi. The molecule has 2 bridgehead atoms. The van der Waals surface area contributed by atoms with E-state index in [2.05, 4.69) is 55.7 Å². The molecule has 2 atom stereocenters. The first-order chi connectivity index (χ1) is 9.43. The minimum Gasteiger partial charge on any atom is -0.294 e. The second kappa shape index (κ2) is 5.34. The van der Waals surface area contributed by atoms with Crippen molar-refractivity contribution in [2.24, 2.45) is 5.92 Å². The third-order valence-electron chi connectivity index (χ3n) is 4.70. The van der Waals surface area contributed by atoms with Gasteiger partial charge in [-0.05, 0) is 25.7 Å². The van der Waals surface area contributed by atoms with Crippen LogP contribution in [0.2, 0.25) is 19.6 Å². The van der Waals surface area contributed by atoms with Crippen LogP contribution in [-0.4, -0.2) is 24.4 Å². The molecule has 2 heterocycles. The van der Waals surface area contributed by atoms with Crippen LogP contribution in [0.4, 0.5) is 0 Å². The van der Waals surface area contributed by atoms with E-state index in [1.807, 2.05) is 0 Å². The zero-order valence-electron chi connectivity index (χ0n) is 12.7. The van der Waals surface area contributed by atoms with Gasteiger partial charge in [0.25, 0.3) is 0 Å². The molecule has 20 heavy (non-hydrogen) atoms. The van der Waals surface area contributed by atoms with E-state index in [4.69, 9.17) is 0 Å². The third-order valence-corrected chi connectivity index (χ3v) is 8.39. The normalized spacial score (nSPS) is 29.4. The molecule has 2 saturated heterocycles. The number of carbonyl (C=O) groups is 1. The molecule has 0 spiro atoms. The van der Waals surface area contributed by atoms with E-state index in [9.17, 15) is 4.79 Å². The minimum atomic E-state index is -1.26. The third kappa shape index (κ3) is 2.89. The number of Topliss-reactive ketones (excluding diaryl/α,β-unsaturated/α-hetero) is 1. The molecule has 0 aliphatic carbocycles. The van der Waals surface area contributed by atoms with Crippen LogP contribution >= 0.6 is 11.8 Å². The number of rotatable bonds is 3. The molecule has 1 aromatic rings. The Bertz CT molecular complexity index is 491. The van der Waals surface area contributed by atoms with Crippen LogP contribution in [0.3, 0.4) is 0 Å². The van der Waals surface area contributed by atoms with Gasteiger partial charge in [0.2, 0.25) is 0 Å². The van der Waals surface area contributed by atoms with Crippen LogP contribution in [0.1, 0.15) is 36.0 Å². The second-order valence-electron chi connectivity index (χ2n) is 7.32. The molecule has 0 aromatic heterocycles. The van der Waals surface area contributed by atoms with E-state index >= 15 is 0 Å². The lowest BCUT2D eigenvalue weighted by molar-refractivity contribution is 0.0907. The highest BCUT2D eigenvalue weighted by Crippen LogP contribution is 2.46. The van der Waals surface area contributed by atoms with Gasteiger partial charge in [0.15, 0.2) is 5.78 Å². The van der Waals surface area contributed by atoms with Crippen molar-refractivity contribution >= 4 is 30.8 Å². The summed E-state index contributed by atoms with van der Waals surface area (Å²) in [7, 11) is -1.26. The summed E-state index contributed by atoms with van der Waals surface area (Å²) in [4.78, 5) is 12.7. The van der Waals surface area contributed by atoms with E-state index in [-0.39, 0.29) is 5.92 Å². The molecule has 1 aromatic carbocycles. The Morgan fingerprint density at radius 1 is 1.05 bits per heavy atom. The molecule has 2 fully saturated rings. The van der Waals surface area contributed by atoms with Crippen molar-refractivity contribution in [3.8, 4) is 0 Å². The smallest absolute Gasteiger partial charge is 0.166 e. The zero-order chi connectivity index (χ0) is 14.3. The summed E-state index contributed by atoms with van der Waals surface area (Å²) >= 11 is 2.13. The minimum absolute atomic E-state index is 0.284. The molecule has 2 unspecified atom stereocenters. The molecule has 0 saturated carbocycles. The van der Waals surface area contributed by atoms with E-state index in [1.165, 1.54) is 18.0 Å². The summed E-state index contributed by atoms with van der Waals surface area (Å²) in [6, 6.07) is 8.51. The maximum absolute atomic E-state index is 12.7. The summed E-state index contributed by atoms with van der Waals surface area (Å²) in [5, 5.41) is 2.95. The standard InChI is InChI=1S/C17H24OSSi/c1-20(2,3)16-8-4-12(5-9-16)17(18)13-10-14-6-7-15(11-13)19-14/h4-5,8-9,13-15H,6-7,10-11H2,1-3H3. The van der Waals surface area contributed by atoms with Gasteiger partial charge in [-0.15, -0.1) is 0 Å². The first-order valence-electron chi connectivity index (χ1n) is 7.74. The maximum atomic E-state index is 12.7. The number of hydrogen-bond acceptors (Lipinski definition) is 2. The summed E-state index contributed by atoms with van der Waals surface area (Å²) in [5.74, 6) is 0.677. The average molecular weight is 305 g/mol. The Balaban J connectivity index is 1.74. The summed E-state index contributed by atoms with van der Waals surface area (Å²) in [6.45, 7) is 7.04. The van der Waals surface area contributed by atoms with Gasteiger partial charge < -0.3 is 0 Å². The summed E-state index contributed by atoms with van der Waals surface area (Å²) < 4.78 is 0. The highest BCUT2D eigenvalue weighted by atomic mass is 32.2. The second-order valence-corrected chi connectivity index (χ2v) is 14.0. The summed E-state index contributed by atoms with van der Waals surface area (Å²) in [5.41, 5.74) is 0.934. The number of fused-ring (bicyclic) bond motifs is 2. The predicted octanol–water partition coefficient (Wildman–Crippen LogP) is 4.09. The quantitative estimate of drug-likeness (QED) is 0.618. The van der Waals surface area contributed by atoms with Crippen LogP contribution < -0.4 is 5.19 Å². The molecule has 3 rings (SSSR count). The van der Waals surface area contributed by atoms with Gasteiger partial charge in [-0.2, -0.15) is 11.8 Å². The number of ketones is 1. The number of hydrogen-bond donors (Lipinski definition) is 0. The first kappa shape index (κ1) is 14.4. The van der Waals surface area contributed by atoms with Crippen molar-refractivity contribution in [2.75, 3.05) is 0 Å². The molecule has 0 amide bonds. The molecule has 3 heteroatoms. The molecule has 108 valence electrons. The Morgan fingerprint density at radius 2 is 1.60 bits per heavy atom. The number of carbonyl (C=O) groups excluding carboxylic acids is 1. The van der Waals surface area contributed by atoms with Gasteiger partial charge >= 0.3 is 0 Å².